The molecule has 0 bridgehead atoms. The van der Waals surface area contributed by atoms with Gasteiger partial charge in [-0.2, -0.15) is 0 Å². The Morgan fingerprint density at radius 1 is 1.55 bits per heavy atom. The molecule has 60 valence electrons. The van der Waals surface area contributed by atoms with E-state index in [1.54, 1.807) is 4.90 Å². The maximum atomic E-state index is 11.2. The van der Waals surface area contributed by atoms with Crippen LogP contribution in [0.3, 0.4) is 0 Å². The smallest absolute Gasteiger partial charge is 0.235 e. The molecule has 2 N–H and O–H groups in total. The van der Waals surface area contributed by atoms with Gasteiger partial charge in [-0.3, -0.25) is 4.79 Å². The molecule has 0 aromatic carbocycles. The van der Waals surface area contributed by atoms with Crippen molar-refractivity contribution in [2.75, 3.05) is 32.7 Å². The summed E-state index contributed by atoms with van der Waals surface area (Å²) in [6.45, 7) is 3.59. The minimum atomic E-state index is 0.0778. The molecule has 1 aliphatic rings. The molecule has 0 atom stereocenters. The Labute approximate surface area is 67.8 Å². The Morgan fingerprint density at radius 2 is 2.18 bits per heavy atom. The number of amides is 1. The molecule has 1 fully saturated rings. The van der Waals surface area contributed by atoms with Crippen LogP contribution in [0.2, 0.25) is 0 Å². The summed E-state index contributed by atoms with van der Waals surface area (Å²) in [5.41, 5.74) is 0. The summed E-state index contributed by atoms with van der Waals surface area (Å²) in [6.07, 6.45) is 0. The quantitative estimate of drug-likeness (QED) is 0.455. The van der Waals surface area contributed by atoms with Crippen LogP contribution in [0.4, 0.5) is 0 Å². The second-order valence-electron chi connectivity index (χ2n) is 2.51. The van der Waals surface area contributed by atoms with Gasteiger partial charge in [0, 0.05) is 26.2 Å². The lowest BCUT2D eigenvalue weighted by atomic mass is 10.3. The molecule has 0 unspecified atom stereocenters. The molecule has 2 radical (unpaired) electrons. The number of carbonyl (C=O) groups excluding carboxylic acids is 1. The minimum Gasteiger partial charge on any atom is -0.359 e. The van der Waals surface area contributed by atoms with Gasteiger partial charge in [0.15, 0.2) is 7.98 Å². The highest BCUT2D eigenvalue weighted by molar-refractivity contribution is 6.06. The molecule has 1 amide bonds. The molecule has 0 spiro atoms. The van der Waals surface area contributed by atoms with Crippen LogP contribution in [0.5, 0.6) is 0 Å². The number of hydrogen-bond donors (Lipinski definition) is 2. The number of nitrogens with one attached hydrogen (secondary N) is 2. The van der Waals surface area contributed by atoms with E-state index in [1.165, 1.54) is 0 Å². The lowest BCUT2D eigenvalue weighted by molar-refractivity contribution is -0.130. The van der Waals surface area contributed by atoms with Crippen molar-refractivity contribution < 1.29 is 4.79 Å². The highest BCUT2D eigenvalue weighted by Crippen LogP contribution is 1.91. The van der Waals surface area contributed by atoms with Crippen LogP contribution in [0.15, 0.2) is 0 Å². The second kappa shape index (κ2) is 4.36. The number of nitrogens with zero attached hydrogens (tertiary/aromatic N) is 1. The van der Waals surface area contributed by atoms with Crippen molar-refractivity contribution in [2.45, 2.75) is 0 Å². The Balaban J connectivity index is 2.27. The van der Waals surface area contributed by atoms with Crippen molar-refractivity contribution in [1.82, 2.24) is 15.4 Å². The first kappa shape index (κ1) is 8.55. The Kier molecular flexibility index (Phi) is 3.39. The molecule has 1 aliphatic heterocycles. The van der Waals surface area contributed by atoms with Crippen LogP contribution in [0.25, 0.3) is 0 Å². The van der Waals surface area contributed by atoms with Gasteiger partial charge in [0.2, 0.25) is 5.91 Å². The molecule has 1 saturated heterocycles. The van der Waals surface area contributed by atoms with Crippen molar-refractivity contribution in [3.8, 4) is 0 Å². The van der Waals surface area contributed by atoms with Crippen molar-refractivity contribution >= 4 is 13.9 Å². The maximum absolute atomic E-state index is 11.2. The summed E-state index contributed by atoms with van der Waals surface area (Å²) in [7, 11) is 5.02. The zero-order valence-electron chi connectivity index (χ0n) is 6.47. The van der Waals surface area contributed by atoms with Crippen molar-refractivity contribution in [1.29, 1.82) is 0 Å². The maximum Gasteiger partial charge on any atom is 0.235 e. The third-order valence-corrected chi connectivity index (χ3v) is 1.72. The average molecular weight is 153 g/mol. The van der Waals surface area contributed by atoms with Crippen molar-refractivity contribution in [3.63, 3.8) is 0 Å². The number of rotatable bonds is 2. The van der Waals surface area contributed by atoms with Crippen LogP contribution >= 0.6 is 0 Å². The van der Waals surface area contributed by atoms with E-state index >= 15 is 0 Å². The summed E-state index contributed by atoms with van der Waals surface area (Å²) in [4.78, 5) is 13.0. The van der Waals surface area contributed by atoms with Gasteiger partial charge in [-0.15, -0.1) is 0 Å². The fourth-order valence-electron chi connectivity index (χ4n) is 1.11. The van der Waals surface area contributed by atoms with Gasteiger partial charge >= 0.3 is 0 Å². The fraction of sp³-hybridized carbons (Fsp3) is 0.833. The van der Waals surface area contributed by atoms with E-state index in [4.69, 9.17) is 7.98 Å². The van der Waals surface area contributed by atoms with Gasteiger partial charge in [-0.1, -0.05) is 0 Å². The first-order chi connectivity index (χ1) is 5.34. The van der Waals surface area contributed by atoms with Gasteiger partial charge in [-0.25, -0.2) is 0 Å². The monoisotopic (exact) mass is 153 g/mol. The lowest BCUT2D eigenvalue weighted by Crippen LogP contribution is -2.48. The molecule has 11 heavy (non-hydrogen) atoms. The molecule has 5 heteroatoms. The highest BCUT2D eigenvalue weighted by atomic mass is 16.2. The zero-order chi connectivity index (χ0) is 8.10. The van der Waals surface area contributed by atoms with E-state index in [-0.39, 0.29) is 12.5 Å². The summed E-state index contributed by atoms with van der Waals surface area (Å²) < 4.78 is 0. The van der Waals surface area contributed by atoms with Gasteiger partial charge in [0.1, 0.15) is 0 Å². The second-order valence-corrected chi connectivity index (χ2v) is 2.51. The SMILES string of the molecule is [B]NCC(=O)N1CCNCC1. The summed E-state index contributed by atoms with van der Waals surface area (Å²) in [5.74, 6) is 0.0778. The minimum absolute atomic E-state index is 0.0778. The summed E-state index contributed by atoms with van der Waals surface area (Å²) >= 11 is 0. The fourth-order valence-corrected chi connectivity index (χ4v) is 1.11. The molecule has 0 aromatic heterocycles. The number of piperazine rings is 1. The number of hydrogen-bond acceptors (Lipinski definition) is 3. The lowest BCUT2D eigenvalue weighted by Gasteiger charge is -2.27. The molecule has 1 heterocycles. The van der Waals surface area contributed by atoms with Crippen LogP contribution in [0, 0.1) is 0 Å². The Hall–Kier alpha value is -0.545. The predicted molar refractivity (Wildman–Crippen MR) is 43.2 cm³/mol. The van der Waals surface area contributed by atoms with E-state index in [1.807, 2.05) is 0 Å². The molecular formula is C6H12BN3O. The molecular weight excluding hydrogens is 141 g/mol. The highest BCUT2D eigenvalue weighted by Gasteiger charge is 2.13. The predicted octanol–water partition coefficient (Wildman–Crippen LogP) is -1.91. The topological polar surface area (TPSA) is 44.4 Å². The van der Waals surface area contributed by atoms with Gasteiger partial charge in [0.25, 0.3) is 0 Å². The molecule has 0 aliphatic carbocycles. The number of carbonyl (C=O) groups is 1. The van der Waals surface area contributed by atoms with Crippen molar-refractivity contribution in [3.05, 3.63) is 0 Å². The van der Waals surface area contributed by atoms with E-state index < -0.39 is 0 Å². The Morgan fingerprint density at radius 3 is 2.73 bits per heavy atom. The first-order valence-corrected chi connectivity index (χ1v) is 3.76. The van der Waals surface area contributed by atoms with Crippen molar-refractivity contribution in [2.24, 2.45) is 0 Å². The molecule has 1 rings (SSSR count). The van der Waals surface area contributed by atoms with E-state index in [9.17, 15) is 4.79 Å². The first-order valence-electron chi connectivity index (χ1n) is 3.76. The van der Waals surface area contributed by atoms with E-state index in [0.29, 0.717) is 0 Å². The molecule has 0 aromatic rings. The molecule has 4 nitrogen and oxygen atoms in total. The third kappa shape index (κ3) is 2.51. The van der Waals surface area contributed by atoms with Gasteiger partial charge in [0.05, 0.1) is 6.54 Å². The van der Waals surface area contributed by atoms with Crippen LogP contribution < -0.4 is 10.5 Å². The average Bonchev–Trinajstić information content (AvgIpc) is 2.07. The van der Waals surface area contributed by atoms with Crippen LogP contribution in [-0.4, -0.2) is 51.5 Å². The standard InChI is InChI=1S/C6H12BN3O/c7-9-5-6(11)10-3-1-8-2-4-10/h8-9H,1-5H2. The third-order valence-electron chi connectivity index (χ3n) is 1.72. The van der Waals surface area contributed by atoms with Gasteiger partial charge in [-0.05, 0) is 0 Å². The van der Waals surface area contributed by atoms with E-state index in [2.05, 4.69) is 10.5 Å². The normalized spacial score (nSPS) is 18.4. The largest absolute Gasteiger partial charge is 0.359 e. The van der Waals surface area contributed by atoms with Gasteiger partial charge < -0.3 is 15.4 Å². The summed E-state index contributed by atoms with van der Waals surface area (Å²) in [6, 6.07) is 0. The van der Waals surface area contributed by atoms with E-state index in [0.717, 1.165) is 26.2 Å². The zero-order valence-corrected chi connectivity index (χ0v) is 6.47. The van der Waals surface area contributed by atoms with Crippen LogP contribution in [-0.2, 0) is 4.79 Å². The molecule has 0 saturated carbocycles. The van der Waals surface area contributed by atoms with Crippen LogP contribution in [0.1, 0.15) is 0 Å². The Bertz CT molecular complexity index is 136. The summed E-state index contributed by atoms with van der Waals surface area (Å²) in [5, 5.41) is 5.52.